The zero-order valence-corrected chi connectivity index (χ0v) is 15.9. The van der Waals surface area contributed by atoms with Gasteiger partial charge in [-0.1, -0.05) is 29.8 Å². The number of rotatable bonds is 5. The molecule has 152 valence electrons. The van der Waals surface area contributed by atoms with Gasteiger partial charge in [0.25, 0.3) is 5.92 Å². The van der Waals surface area contributed by atoms with Gasteiger partial charge in [-0.25, -0.2) is 23.5 Å². The third kappa shape index (κ3) is 5.38. The number of benzene rings is 1. The molecule has 9 heteroatoms. The number of anilines is 1. The summed E-state index contributed by atoms with van der Waals surface area (Å²) in [6.07, 6.45) is 2.02. The molecule has 7 nitrogen and oxygen atoms in total. The Bertz CT molecular complexity index is 881. The van der Waals surface area contributed by atoms with Crippen molar-refractivity contribution in [3.8, 4) is 6.07 Å². The largest absolute Gasteiger partial charge is 0.445 e. The number of likely N-dealkylation sites (tertiary alicyclic amines) is 1. The minimum atomic E-state index is -3.07. The summed E-state index contributed by atoms with van der Waals surface area (Å²) in [5, 5.41) is 11.5. The number of hydrogen-bond donors (Lipinski definition) is 1. The second-order valence-corrected chi connectivity index (χ2v) is 7.00. The lowest BCUT2D eigenvalue weighted by atomic mass is 9.93. The fraction of sp³-hybridized carbons (Fsp3) is 0.400. The molecule has 1 aromatic heterocycles. The number of alkyl halides is 2. The van der Waals surface area contributed by atoms with E-state index in [0.717, 1.165) is 16.0 Å². The Morgan fingerprint density at radius 1 is 1.34 bits per heavy atom. The van der Waals surface area contributed by atoms with Crippen molar-refractivity contribution in [2.45, 2.75) is 25.9 Å². The lowest BCUT2D eigenvalue weighted by Gasteiger charge is -2.37. The molecule has 3 rings (SSSR count). The van der Waals surface area contributed by atoms with Gasteiger partial charge in [0.1, 0.15) is 12.7 Å². The van der Waals surface area contributed by atoms with Gasteiger partial charge in [0.15, 0.2) is 0 Å². The molecule has 29 heavy (non-hydrogen) atoms. The first-order chi connectivity index (χ1) is 13.9. The normalized spacial score (nSPS) is 18.0. The number of carbonyl (C=O) groups is 1. The van der Waals surface area contributed by atoms with Crippen molar-refractivity contribution in [1.82, 2.24) is 14.9 Å². The zero-order chi connectivity index (χ0) is 20.9. The number of carbonyl (C=O) groups excluding carboxylic acids is 1. The summed E-state index contributed by atoms with van der Waals surface area (Å²) in [6, 6.07) is 9.35. The number of ether oxygens (including phenoxy) is 1. The molecular formula is C20H21F2N5O2. The Balaban J connectivity index is 1.50. The van der Waals surface area contributed by atoms with Gasteiger partial charge in [-0.15, -0.1) is 0 Å². The van der Waals surface area contributed by atoms with E-state index in [2.05, 4.69) is 15.3 Å². The molecule has 1 aliphatic rings. The van der Waals surface area contributed by atoms with Crippen molar-refractivity contribution >= 4 is 12.0 Å². The van der Waals surface area contributed by atoms with Crippen molar-refractivity contribution in [3.63, 3.8) is 0 Å². The van der Waals surface area contributed by atoms with E-state index in [9.17, 15) is 13.6 Å². The van der Waals surface area contributed by atoms with Gasteiger partial charge < -0.3 is 15.0 Å². The SMILES string of the molecule is Cc1ccc(COC(=O)N2CCC(CNc3ncc(C#N)cn3)C(F)(F)C2)cc1. The molecule has 1 fully saturated rings. The fourth-order valence-electron chi connectivity index (χ4n) is 3.00. The highest BCUT2D eigenvalue weighted by Crippen LogP contribution is 2.33. The number of nitriles is 1. The molecule has 0 saturated carbocycles. The van der Waals surface area contributed by atoms with Crippen LogP contribution in [0.25, 0.3) is 0 Å². The summed E-state index contributed by atoms with van der Waals surface area (Å²) in [7, 11) is 0. The Labute approximate surface area is 167 Å². The first-order valence-electron chi connectivity index (χ1n) is 9.18. The number of nitrogens with one attached hydrogen (secondary N) is 1. The molecule has 0 bridgehead atoms. The molecule has 2 aromatic rings. The lowest BCUT2D eigenvalue weighted by molar-refractivity contribution is -0.102. The van der Waals surface area contributed by atoms with Gasteiger partial charge >= 0.3 is 6.09 Å². The van der Waals surface area contributed by atoms with Gasteiger partial charge in [-0.05, 0) is 18.9 Å². The van der Waals surface area contributed by atoms with Crippen LogP contribution in [0.1, 0.15) is 23.1 Å². The molecule has 1 atom stereocenters. The van der Waals surface area contributed by atoms with E-state index >= 15 is 0 Å². The lowest BCUT2D eigenvalue weighted by Crippen LogP contribution is -2.52. The molecule has 1 aliphatic heterocycles. The van der Waals surface area contributed by atoms with Crippen LogP contribution in [0, 0.1) is 24.2 Å². The van der Waals surface area contributed by atoms with E-state index in [0.29, 0.717) is 5.56 Å². The first kappa shape index (κ1) is 20.5. The number of aryl methyl sites for hydroxylation is 1. The number of amides is 1. The quantitative estimate of drug-likeness (QED) is 0.826. The topological polar surface area (TPSA) is 91.1 Å². The standard InChI is InChI=1S/C20H21F2N5O2/c1-14-2-4-15(5-3-14)12-29-19(28)27-7-6-17(20(21,22)13-27)11-26-18-24-9-16(8-23)10-25-18/h2-5,9-10,17H,6-7,11-13H2,1H3,(H,24,25,26). The third-order valence-electron chi connectivity index (χ3n) is 4.78. The van der Waals surface area contributed by atoms with Crippen molar-refractivity contribution in [2.24, 2.45) is 5.92 Å². The van der Waals surface area contributed by atoms with Crippen molar-refractivity contribution < 1.29 is 18.3 Å². The van der Waals surface area contributed by atoms with Crippen LogP contribution >= 0.6 is 0 Å². The smallest absolute Gasteiger partial charge is 0.410 e. The molecule has 0 aliphatic carbocycles. The van der Waals surface area contributed by atoms with Gasteiger partial charge in [-0.3, -0.25) is 0 Å². The summed E-state index contributed by atoms with van der Waals surface area (Å²) in [5.74, 6) is -3.86. The van der Waals surface area contributed by atoms with Gasteiger partial charge in [0, 0.05) is 19.0 Å². The second kappa shape index (κ2) is 8.82. The summed E-state index contributed by atoms with van der Waals surface area (Å²) < 4.78 is 34.2. The van der Waals surface area contributed by atoms with E-state index < -0.39 is 24.5 Å². The molecule has 1 amide bonds. The van der Waals surface area contributed by atoms with Crippen LogP contribution < -0.4 is 5.32 Å². The van der Waals surface area contributed by atoms with E-state index in [1.165, 1.54) is 12.4 Å². The molecule has 1 unspecified atom stereocenters. The van der Waals surface area contributed by atoms with Crippen molar-refractivity contribution in [3.05, 3.63) is 53.3 Å². The van der Waals surface area contributed by atoms with Gasteiger partial charge in [0.2, 0.25) is 5.95 Å². The molecule has 1 aromatic carbocycles. The zero-order valence-electron chi connectivity index (χ0n) is 15.9. The third-order valence-corrected chi connectivity index (χ3v) is 4.78. The minimum absolute atomic E-state index is 0.0366. The highest BCUT2D eigenvalue weighted by Gasteiger charge is 2.46. The molecule has 0 spiro atoms. The fourth-order valence-corrected chi connectivity index (χ4v) is 3.00. The van der Waals surface area contributed by atoms with Gasteiger partial charge in [-0.2, -0.15) is 5.26 Å². The van der Waals surface area contributed by atoms with Gasteiger partial charge in [0.05, 0.1) is 24.5 Å². The second-order valence-electron chi connectivity index (χ2n) is 7.00. The van der Waals surface area contributed by atoms with Crippen LogP contribution in [0.2, 0.25) is 0 Å². The van der Waals surface area contributed by atoms with E-state index in [4.69, 9.17) is 10.00 Å². The summed E-state index contributed by atoms with van der Waals surface area (Å²) in [6.45, 7) is 1.45. The first-order valence-corrected chi connectivity index (χ1v) is 9.18. The molecule has 1 N–H and O–H groups in total. The average Bonchev–Trinajstić information content (AvgIpc) is 2.72. The Kier molecular flexibility index (Phi) is 6.22. The van der Waals surface area contributed by atoms with Crippen LogP contribution in [0.3, 0.4) is 0 Å². The number of piperidine rings is 1. The van der Waals surface area contributed by atoms with E-state index in [1.807, 2.05) is 37.3 Å². The maximum Gasteiger partial charge on any atom is 0.410 e. The molecule has 2 heterocycles. The predicted molar refractivity (Wildman–Crippen MR) is 101 cm³/mol. The average molecular weight is 401 g/mol. The summed E-state index contributed by atoms with van der Waals surface area (Å²) in [4.78, 5) is 21.0. The summed E-state index contributed by atoms with van der Waals surface area (Å²) >= 11 is 0. The number of nitrogens with zero attached hydrogens (tertiary/aromatic N) is 4. The molecule has 0 radical (unpaired) electrons. The van der Waals surface area contributed by atoms with Crippen LogP contribution in [-0.2, 0) is 11.3 Å². The highest BCUT2D eigenvalue weighted by molar-refractivity contribution is 5.68. The highest BCUT2D eigenvalue weighted by atomic mass is 19.3. The Morgan fingerprint density at radius 3 is 2.66 bits per heavy atom. The number of halogens is 2. The van der Waals surface area contributed by atoms with Crippen LogP contribution in [-0.4, -0.2) is 46.5 Å². The maximum absolute atomic E-state index is 14.5. The van der Waals surface area contributed by atoms with Crippen LogP contribution in [0.5, 0.6) is 0 Å². The molecule has 1 saturated heterocycles. The van der Waals surface area contributed by atoms with Crippen molar-refractivity contribution in [2.75, 3.05) is 25.0 Å². The van der Waals surface area contributed by atoms with E-state index in [-0.39, 0.29) is 32.1 Å². The number of hydrogen-bond acceptors (Lipinski definition) is 6. The van der Waals surface area contributed by atoms with E-state index in [1.54, 1.807) is 0 Å². The predicted octanol–water partition coefficient (Wildman–Crippen LogP) is 3.36. The summed E-state index contributed by atoms with van der Waals surface area (Å²) in [5.41, 5.74) is 2.18. The Morgan fingerprint density at radius 2 is 2.03 bits per heavy atom. The van der Waals surface area contributed by atoms with Crippen LogP contribution in [0.15, 0.2) is 36.7 Å². The maximum atomic E-state index is 14.5. The Hall–Kier alpha value is -3.28. The van der Waals surface area contributed by atoms with Crippen molar-refractivity contribution in [1.29, 1.82) is 5.26 Å². The molecular weight excluding hydrogens is 380 g/mol. The number of aromatic nitrogens is 2. The minimum Gasteiger partial charge on any atom is -0.445 e. The van der Waals surface area contributed by atoms with Crippen LogP contribution in [0.4, 0.5) is 19.5 Å². The monoisotopic (exact) mass is 401 g/mol.